The van der Waals surface area contributed by atoms with Gasteiger partial charge in [-0.1, -0.05) is 346 Å². The highest BCUT2D eigenvalue weighted by atomic mass is 31.2. The SMILES string of the molecule is CCCCCCC/C=C\C/C=C\CCCCCCCCCCCCCCCC(=O)OC(COC(=O)CCCCCCCCCCCCCCCCCCCCCCCCCCCCCCCCCCCC)COP(=O)(O)OCC[N+](C)(C)C. The van der Waals surface area contributed by atoms with E-state index in [0.29, 0.717) is 23.9 Å². The van der Waals surface area contributed by atoms with Gasteiger partial charge in [-0.3, -0.25) is 18.6 Å². The minimum absolute atomic E-state index is 0.0348. The number of phosphoric ester groups is 1. The first-order chi connectivity index (χ1) is 40.5. The van der Waals surface area contributed by atoms with E-state index in [1.807, 2.05) is 21.1 Å². The number of carbonyl (C=O) groups excluding carboxylic acids is 2. The Morgan fingerprint density at radius 2 is 0.651 bits per heavy atom. The van der Waals surface area contributed by atoms with E-state index in [1.165, 1.54) is 308 Å². The van der Waals surface area contributed by atoms with Crippen LogP contribution in [0.4, 0.5) is 0 Å². The van der Waals surface area contributed by atoms with Crippen molar-refractivity contribution >= 4 is 19.8 Å². The van der Waals surface area contributed by atoms with Crippen molar-refractivity contribution in [3.8, 4) is 0 Å². The molecule has 0 bridgehead atoms. The molecule has 0 aliphatic carbocycles. The van der Waals surface area contributed by atoms with Gasteiger partial charge in [-0.25, -0.2) is 4.57 Å². The number of hydrogen-bond acceptors (Lipinski definition) is 7. The van der Waals surface area contributed by atoms with E-state index in [4.69, 9.17) is 18.5 Å². The molecule has 2 atom stereocenters. The van der Waals surface area contributed by atoms with Gasteiger partial charge in [-0.15, -0.1) is 0 Å². The molecule has 0 radical (unpaired) electrons. The Morgan fingerprint density at radius 1 is 0.373 bits per heavy atom. The molecule has 0 aromatic rings. The van der Waals surface area contributed by atoms with Crippen LogP contribution in [0, 0.1) is 0 Å². The van der Waals surface area contributed by atoms with Gasteiger partial charge in [0, 0.05) is 12.8 Å². The van der Waals surface area contributed by atoms with E-state index in [1.54, 1.807) is 0 Å². The van der Waals surface area contributed by atoms with E-state index in [0.717, 1.165) is 38.5 Å². The molecule has 83 heavy (non-hydrogen) atoms. The number of hydrogen-bond donors (Lipinski definition) is 1. The van der Waals surface area contributed by atoms with Crippen LogP contribution in [0.5, 0.6) is 0 Å². The van der Waals surface area contributed by atoms with Crippen molar-refractivity contribution in [2.75, 3.05) is 47.5 Å². The van der Waals surface area contributed by atoms with Gasteiger partial charge in [0.25, 0.3) is 0 Å². The van der Waals surface area contributed by atoms with E-state index >= 15 is 0 Å². The molecule has 0 aromatic carbocycles. The molecule has 1 N–H and O–H groups in total. The second-order valence-corrected chi connectivity index (χ2v) is 27.8. The first kappa shape index (κ1) is 81.5. The summed E-state index contributed by atoms with van der Waals surface area (Å²) in [6.07, 6.45) is 81.6. The lowest BCUT2D eigenvalue weighted by Gasteiger charge is -2.24. The monoisotopic (exact) mass is 1190 g/mol. The molecule has 10 heteroatoms. The Bertz CT molecular complexity index is 1450. The molecule has 0 fully saturated rings. The highest BCUT2D eigenvalue weighted by Crippen LogP contribution is 2.43. The van der Waals surface area contributed by atoms with Crippen LogP contribution in [0.2, 0.25) is 0 Å². The molecule has 0 aromatic heterocycles. The average Bonchev–Trinajstić information content (AvgIpc) is 3.48. The van der Waals surface area contributed by atoms with Crippen molar-refractivity contribution in [2.45, 2.75) is 386 Å². The molecule has 2 unspecified atom stereocenters. The fourth-order valence-corrected chi connectivity index (χ4v) is 11.9. The molecule has 492 valence electrons. The standard InChI is InChI=1S/C73H142NO8P/c1-6-8-10-12-14-16-18-20-22-24-26-28-30-32-33-34-35-36-37-38-39-40-42-43-45-47-49-51-53-55-57-59-61-63-65-72(75)79-69-71(70-81-83(77,78)80-68-67-74(3,4)5)82-73(76)66-64-62-60-58-56-54-52-50-48-46-44-41-31-29-27-25-23-21-19-17-15-13-11-9-7-2/h19,21,25,27,71H,6-18,20,22-24,26,28-70H2,1-5H3/p+1/b21-19-,27-25-. The van der Waals surface area contributed by atoms with Crippen LogP contribution in [-0.4, -0.2) is 74.9 Å². The Hall–Kier alpha value is -1.51. The molecule has 0 heterocycles. The topological polar surface area (TPSA) is 108 Å². The van der Waals surface area contributed by atoms with Gasteiger partial charge in [0.05, 0.1) is 27.7 Å². The molecular formula is C73H143NO8P+. The van der Waals surface area contributed by atoms with Gasteiger partial charge in [0.15, 0.2) is 6.10 Å². The van der Waals surface area contributed by atoms with Crippen LogP contribution in [0.15, 0.2) is 24.3 Å². The highest BCUT2D eigenvalue weighted by molar-refractivity contribution is 7.47. The summed E-state index contributed by atoms with van der Waals surface area (Å²) in [7, 11) is 1.50. The van der Waals surface area contributed by atoms with Crippen LogP contribution in [-0.2, 0) is 32.7 Å². The molecular weight excluding hydrogens is 1050 g/mol. The number of likely N-dealkylation sites (N-methyl/N-ethyl adjacent to an activating group) is 1. The maximum atomic E-state index is 12.9. The summed E-state index contributed by atoms with van der Waals surface area (Å²) in [5.41, 5.74) is 0. The van der Waals surface area contributed by atoms with Crippen molar-refractivity contribution in [3.05, 3.63) is 24.3 Å². The molecule has 0 saturated carbocycles. The smallest absolute Gasteiger partial charge is 0.462 e. The van der Waals surface area contributed by atoms with Crippen LogP contribution >= 0.6 is 7.82 Å². The second kappa shape index (κ2) is 64.9. The van der Waals surface area contributed by atoms with Crippen LogP contribution < -0.4 is 0 Å². The second-order valence-electron chi connectivity index (χ2n) is 26.3. The van der Waals surface area contributed by atoms with Gasteiger partial charge >= 0.3 is 19.8 Å². The Morgan fingerprint density at radius 3 is 0.952 bits per heavy atom. The van der Waals surface area contributed by atoms with Gasteiger partial charge in [-0.2, -0.15) is 0 Å². The third-order valence-corrected chi connectivity index (χ3v) is 17.7. The molecule has 0 aliphatic rings. The highest BCUT2D eigenvalue weighted by Gasteiger charge is 2.27. The number of rotatable bonds is 69. The van der Waals surface area contributed by atoms with E-state index in [-0.39, 0.29) is 25.6 Å². The number of ether oxygens (including phenoxy) is 2. The molecule has 0 aliphatic heterocycles. The Kier molecular flexibility index (Phi) is 63.8. The molecule has 0 rings (SSSR count). The molecule has 0 amide bonds. The maximum absolute atomic E-state index is 12.9. The number of nitrogens with zero attached hydrogens (tertiary/aromatic N) is 1. The predicted molar refractivity (Wildman–Crippen MR) is 358 cm³/mol. The predicted octanol–water partition coefficient (Wildman–Crippen LogP) is 23.7. The van der Waals surface area contributed by atoms with Crippen molar-refractivity contribution in [2.24, 2.45) is 0 Å². The minimum Gasteiger partial charge on any atom is -0.462 e. The van der Waals surface area contributed by atoms with Crippen LogP contribution in [0.3, 0.4) is 0 Å². The summed E-state index contributed by atoms with van der Waals surface area (Å²) >= 11 is 0. The normalized spacial score (nSPS) is 13.2. The summed E-state index contributed by atoms with van der Waals surface area (Å²) in [5, 5.41) is 0. The largest absolute Gasteiger partial charge is 0.472 e. The fourth-order valence-electron chi connectivity index (χ4n) is 11.1. The summed E-state index contributed by atoms with van der Waals surface area (Å²) < 4.78 is 34.8. The first-order valence-electron chi connectivity index (χ1n) is 36.6. The summed E-state index contributed by atoms with van der Waals surface area (Å²) in [6.45, 7) is 4.50. The lowest BCUT2D eigenvalue weighted by atomic mass is 10.0. The summed E-state index contributed by atoms with van der Waals surface area (Å²) in [6, 6.07) is 0. The molecule has 0 saturated heterocycles. The third-order valence-electron chi connectivity index (χ3n) is 16.7. The third kappa shape index (κ3) is 69.5. The number of phosphoric acid groups is 1. The van der Waals surface area contributed by atoms with Gasteiger partial charge in [0.2, 0.25) is 0 Å². The van der Waals surface area contributed by atoms with Crippen LogP contribution in [0.1, 0.15) is 380 Å². The quantitative estimate of drug-likeness (QED) is 0.0211. The Labute approximate surface area is 517 Å². The molecule has 9 nitrogen and oxygen atoms in total. The maximum Gasteiger partial charge on any atom is 0.472 e. The lowest BCUT2D eigenvalue weighted by Crippen LogP contribution is -2.37. The number of unbranched alkanes of at least 4 members (excludes halogenated alkanes) is 51. The Balaban J connectivity index is 3.94. The van der Waals surface area contributed by atoms with E-state index in [2.05, 4.69) is 38.2 Å². The van der Waals surface area contributed by atoms with Crippen molar-refractivity contribution in [3.63, 3.8) is 0 Å². The fraction of sp³-hybridized carbons (Fsp3) is 0.918. The van der Waals surface area contributed by atoms with Crippen LogP contribution in [0.25, 0.3) is 0 Å². The number of quaternary nitrogens is 1. The van der Waals surface area contributed by atoms with Crippen molar-refractivity contribution in [1.82, 2.24) is 0 Å². The van der Waals surface area contributed by atoms with Gasteiger partial charge in [-0.05, 0) is 44.9 Å². The minimum atomic E-state index is -4.39. The molecule has 0 spiro atoms. The van der Waals surface area contributed by atoms with Crippen molar-refractivity contribution in [1.29, 1.82) is 0 Å². The average molecular weight is 1190 g/mol. The lowest BCUT2D eigenvalue weighted by molar-refractivity contribution is -0.870. The van der Waals surface area contributed by atoms with Gasteiger partial charge in [0.1, 0.15) is 19.8 Å². The number of carbonyl (C=O) groups is 2. The van der Waals surface area contributed by atoms with Gasteiger partial charge < -0.3 is 18.9 Å². The zero-order valence-electron chi connectivity index (χ0n) is 56.2. The summed E-state index contributed by atoms with van der Waals surface area (Å²) in [4.78, 5) is 35.9. The van der Waals surface area contributed by atoms with E-state index in [9.17, 15) is 19.0 Å². The first-order valence-corrected chi connectivity index (χ1v) is 38.1. The zero-order chi connectivity index (χ0) is 60.5. The number of esters is 2. The van der Waals surface area contributed by atoms with Crippen molar-refractivity contribution < 1.29 is 42.1 Å². The zero-order valence-corrected chi connectivity index (χ0v) is 57.1. The summed E-state index contributed by atoms with van der Waals surface area (Å²) in [5.74, 6) is -0.775. The number of allylic oxidation sites excluding steroid dienone is 4. The van der Waals surface area contributed by atoms with E-state index < -0.39 is 26.5 Å².